The first-order chi connectivity index (χ1) is 26.7. The van der Waals surface area contributed by atoms with E-state index in [1.807, 2.05) is 0 Å². The van der Waals surface area contributed by atoms with Crippen molar-refractivity contribution in [3.05, 3.63) is 125 Å². The van der Waals surface area contributed by atoms with Gasteiger partial charge in [0, 0.05) is 56.9 Å². The summed E-state index contributed by atoms with van der Waals surface area (Å²) < 4.78 is 28.0. The molecule has 6 nitrogen and oxygen atoms in total. The lowest BCUT2D eigenvalue weighted by Gasteiger charge is -2.41. The summed E-state index contributed by atoms with van der Waals surface area (Å²) in [6.45, 7) is 2.04. The second kappa shape index (κ2) is 10.5. The van der Waals surface area contributed by atoms with Crippen LogP contribution < -0.4 is 26.6 Å². The predicted octanol–water partition coefficient (Wildman–Crippen LogP) is 10.8. The number of fused-ring (bicyclic) bond motifs is 14. The Morgan fingerprint density at radius 3 is 1.46 bits per heavy atom. The van der Waals surface area contributed by atoms with Gasteiger partial charge in [0.05, 0.1) is 22.7 Å². The average molecular weight is 703 g/mol. The third-order valence-corrected chi connectivity index (χ3v) is 12.6. The molecule has 7 heteroatoms. The summed E-state index contributed by atoms with van der Waals surface area (Å²) in [6.07, 6.45) is 8.43. The number of aryl methyl sites for hydroxylation is 3. The van der Waals surface area contributed by atoms with Crippen molar-refractivity contribution >= 4 is 101 Å². The normalized spacial score (nSPS) is 15.9. The minimum atomic E-state index is -0.186. The van der Waals surface area contributed by atoms with Gasteiger partial charge in [-0.3, -0.25) is 0 Å². The minimum absolute atomic E-state index is 0.186. The van der Waals surface area contributed by atoms with Crippen LogP contribution in [0.1, 0.15) is 53.9 Å². The Morgan fingerprint density at radius 2 is 0.944 bits per heavy atom. The van der Waals surface area contributed by atoms with Crippen molar-refractivity contribution in [1.29, 1.82) is 0 Å². The van der Waals surface area contributed by atoms with Crippen molar-refractivity contribution in [2.45, 2.75) is 58.3 Å². The molecule has 54 heavy (non-hydrogen) atoms. The lowest BCUT2D eigenvalue weighted by Crippen LogP contribution is -2.60. The van der Waals surface area contributed by atoms with Crippen LogP contribution in [0.2, 0.25) is 0 Å². The van der Waals surface area contributed by atoms with Crippen LogP contribution in [-0.4, -0.2) is 6.71 Å². The molecule has 2 aliphatic heterocycles. The Labute approximate surface area is 311 Å². The smallest absolute Gasteiger partial charge is 0.342 e. The molecule has 0 spiro atoms. The molecule has 0 bridgehead atoms. The highest BCUT2D eigenvalue weighted by Gasteiger charge is 2.51. The zero-order valence-corrected chi connectivity index (χ0v) is 30.0. The largest absolute Gasteiger partial charge is 0.473 e. The SMILES string of the molecule is Cc1cc2c3c(c1)N(c1cccc4c1oc1ccccc14)c1c(oc4c1CCCC4)B3c1oc3c(c1N2c1cccc2c1oc1ccccc12)CCCC3. The highest BCUT2D eigenvalue weighted by Crippen LogP contribution is 2.52. The molecule has 0 N–H and O–H groups in total. The van der Waals surface area contributed by atoms with Gasteiger partial charge in [-0.05, 0) is 92.9 Å². The molecule has 4 aromatic heterocycles. The van der Waals surface area contributed by atoms with E-state index in [1.165, 1.54) is 33.5 Å². The van der Waals surface area contributed by atoms with E-state index in [2.05, 4.69) is 114 Å². The molecular weight excluding hydrogens is 667 g/mol. The van der Waals surface area contributed by atoms with E-state index < -0.39 is 0 Å². The number of benzene rings is 5. The Kier molecular flexibility index (Phi) is 5.73. The molecule has 2 aliphatic carbocycles. The Bertz CT molecular complexity index is 2870. The highest BCUT2D eigenvalue weighted by molar-refractivity contribution is 6.99. The lowest BCUT2D eigenvalue weighted by molar-refractivity contribution is 0.491. The van der Waals surface area contributed by atoms with Gasteiger partial charge in [0.2, 0.25) is 0 Å². The maximum Gasteiger partial charge on any atom is 0.342 e. The zero-order chi connectivity index (χ0) is 35.2. The summed E-state index contributed by atoms with van der Waals surface area (Å²) in [5.41, 5.74) is 17.2. The van der Waals surface area contributed by atoms with E-state index in [0.29, 0.717) is 0 Å². The Balaban J connectivity index is 1.16. The van der Waals surface area contributed by atoms with E-state index in [-0.39, 0.29) is 6.71 Å². The van der Waals surface area contributed by atoms with E-state index in [9.17, 15) is 0 Å². The van der Waals surface area contributed by atoms with Crippen LogP contribution >= 0.6 is 0 Å². The van der Waals surface area contributed by atoms with Crippen LogP contribution in [0, 0.1) is 6.92 Å². The van der Waals surface area contributed by atoms with Crippen LogP contribution in [0.25, 0.3) is 43.9 Å². The first-order valence-corrected chi connectivity index (χ1v) is 19.6. The van der Waals surface area contributed by atoms with E-state index in [4.69, 9.17) is 17.7 Å². The number of furan rings is 4. The van der Waals surface area contributed by atoms with Gasteiger partial charge in [-0.25, -0.2) is 0 Å². The van der Waals surface area contributed by atoms with Crippen molar-refractivity contribution in [3.63, 3.8) is 0 Å². The standard InChI is InChI=1S/C47H35BN2O4/c1-26-24-35-41-36(25-26)50(34-19-11-17-30-28-13-3-7-21-38(28)52-45(30)34)43-32-15-5-9-23-40(32)54-47(43)48(41)46-42(31-14-4-8-22-39(31)53-46)49(35)33-18-10-16-29-27-12-2-6-20-37(27)51-44(29)33/h2-3,6-7,10-13,16-21,24-25H,4-5,8-9,14-15,22-23H2,1H3. The maximum atomic E-state index is 7.20. The molecule has 0 amide bonds. The van der Waals surface area contributed by atoms with Gasteiger partial charge in [0.25, 0.3) is 0 Å². The second-order valence-corrected chi connectivity index (χ2v) is 15.7. The summed E-state index contributed by atoms with van der Waals surface area (Å²) in [5, 5.41) is 4.48. The van der Waals surface area contributed by atoms with Crippen molar-refractivity contribution in [2.24, 2.45) is 0 Å². The number of hydrogen-bond donors (Lipinski definition) is 0. The molecule has 4 aliphatic rings. The van der Waals surface area contributed by atoms with Crippen LogP contribution in [0.3, 0.4) is 0 Å². The van der Waals surface area contributed by atoms with Gasteiger partial charge in [0.1, 0.15) is 34.0 Å². The quantitative estimate of drug-likeness (QED) is 0.167. The lowest BCUT2D eigenvalue weighted by atomic mass is 9.37. The van der Waals surface area contributed by atoms with E-state index in [0.717, 1.165) is 141 Å². The van der Waals surface area contributed by atoms with Crippen molar-refractivity contribution in [3.8, 4) is 0 Å². The van der Waals surface area contributed by atoms with Gasteiger partial charge < -0.3 is 27.5 Å². The number of anilines is 6. The summed E-state index contributed by atoms with van der Waals surface area (Å²) in [5.74, 6) is 2.23. The summed E-state index contributed by atoms with van der Waals surface area (Å²) in [7, 11) is 0. The van der Waals surface area contributed by atoms with Crippen molar-refractivity contribution < 1.29 is 17.7 Å². The maximum absolute atomic E-state index is 7.20. The molecule has 0 saturated carbocycles. The fraction of sp³-hybridized carbons (Fsp3) is 0.191. The van der Waals surface area contributed by atoms with E-state index >= 15 is 0 Å². The van der Waals surface area contributed by atoms with Crippen LogP contribution in [0.4, 0.5) is 34.1 Å². The van der Waals surface area contributed by atoms with Gasteiger partial charge >= 0.3 is 6.71 Å². The Hall–Kier alpha value is -6.08. The molecule has 13 rings (SSSR count). The molecule has 0 atom stereocenters. The molecular formula is C47H35BN2O4. The summed E-state index contributed by atoms with van der Waals surface area (Å²) in [4.78, 5) is 4.95. The second-order valence-electron chi connectivity index (χ2n) is 15.7. The monoisotopic (exact) mass is 702 g/mol. The third kappa shape index (κ3) is 3.72. The third-order valence-electron chi connectivity index (χ3n) is 12.6. The van der Waals surface area contributed by atoms with Crippen molar-refractivity contribution in [2.75, 3.05) is 9.80 Å². The first-order valence-electron chi connectivity index (χ1n) is 19.6. The number of para-hydroxylation sites is 4. The zero-order valence-electron chi connectivity index (χ0n) is 30.0. The fourth-order valence-electron chi connectivity index (χ4n) is 10.4. The number of nitrogens with zero attached hydrogens (tertiary/aromatic N) is 2. The molecule has 0 saturated heterocycles. The Morgan fingerprint density at radius 1 is 0.481 bits per heavy atom. The van der Waals surface area contributed by atoms with Crippen LogP contribution in [-0.2, 0) is 25.7 Å². The fourth-order valence-corrected chi connectivity index (χ4v) is 10.4. The molecule has 0 radical (unpaired) electrons. The highest BCUT2D eigenvalue weighted by atomic mass is 16.4. The number of hydrogen-bond acceptors (Lipinski definition) is 6. The first kappa shape index (κ1) is 29.4. The van der Waals surface area contributed by atoms with Gasteiger partial charge in [-0.15, -0.1) is 0 Å². The summed E-state index contributed by atoms with van der Waals surface area (Å²) >= 11 is 0. The minimum Gasteiger partial charge on any atom is -0.473 e. The van der Waals surface area contributed by atoms with Crippen LogP contribution in [0.5, 0.6) is 0 Å². The van der Waals surface area contributed by atoms with Gasteiger partial charge in [0.15, 0.2) is 11.2 Å². The van der Waals surface area contributed by atoms with Crippen LogP contribution in [0.15, 0.2) is 115 Å². The average Bonchev–Trinajstić information content (AvgIpc) is 3.98. The predicted molar refractivity (Wildman–Crippen MR) is 218 cm³/mol. The molecule has 0 fully saturated rings. The molecule has 6 heterocycles. The molecule has 5 aromatic carbocycles. The van der Waals surface area contributed by atoms with Gasteiger partial charge in [-0.1, -0.05) is 60.7 Å². The van der Waals surface area contributed by atoms with Gasteiger partial charge in [-0.2, -0.15) is 0 Å². The molecule has 0 unspecified atom stereocenters. The molecule has 260 valence electrons. The topological polar surface area (TPSA) is 59.0 Å². The molecule has 9 aromatic rings. The summed E-state index contributed by atoms with van der Waals surface area (Å²) in [6, 6.07) is 34.6. The van der Waals surface area contributed by atoms with Crippen molar-refractivity contribution in [1.82, 2.24) is 0 Å². The van der Waals surface area contributed by atoms with E-state index in [1.54, 1.807) is 0 Å². The number of rotatable bonds is 2.